The van der Waals surface area contributed by atoms with Gasteiger partial charge in [0, 0.05) is 24.2 Å². The molecule has 1 saturated heterocycles. The summed E-state index contributed by atoms with van der Waals surface area (Å²) < 4.78 is 14.8. The molecule has 0 bridgehead atoms. The number of hydrogen-bond donors (Lipinski definition) is 0. The molecule has 0 saturated carbocycles. The number of fused-ring (bicyclic) bond motifs is 1. The highest BCUT2D eigenvalue weighted by Crippen LogP contribution is 2.34. The van der Waals surface area contributed by atoms with Gasteiger partial charge in [0.1, 0.15) is 5.82 Å². The van der Waals surface area contributed by atoms with E-state index < -0.39 is 0 Å². The van der Waals surface area contributed by atoms with Crippen LogP contribution in [0.4, 0.5) is 10.1 Å². The van der Waals surface area contributed by atoms with Crippen molar-refractivity contribution in [1.29, 1.82) is 0 Å². The maximum Gasteiger partial charge on any atom is 0.147 e. The minimum atomic E-state index is -0.116. The van der Waals surface area contributed by atoms with Crippen LogP contribution in [0.15, 0.2) is 18.2 Å². The van der Waals surface area contributed by atoms with Crippen molar-refractivity contribution in [3.8, 4) is 0 Å². The third-order valence-electron chi connectivity index (χ3n) is 6.53. The molecule has 4 heteroatoms. The average Bonchev–Trinajstić information content (AvgIpc) is 2.70. The van der Waals surface area contributed by atoms with Crippen molar-refractivity contribution in [3.63, 3.8) is 0 Å². The fourth-order valence-electron chi connectivity index (χ4n) is 4.48. The van der Waals surface area contributed by atoms with Crippen LogP contribution in [0.5, 0.6) is 0 Å². The zero-order valence-corrected chi connectivity index (χ0v) is 18.1. The van der Waals surface area contributed by atoms with Crippen LogP contribution >= 0.6 is 0 Å². The Labute approximate surface area is 169 Å². The Balaban J connectivity index is 1.59. The highest BCUT2D eigenvalue weighted by Gasteiger charge is 2.23. The second-order valence-electron chi connectivity index (χ2n) is 8.31. The second-order valence-corrected chi connectivity index (χ2v) is 8.31. The summed E-state index contributed by atoms with van der Waals surface area (Å²) in [5, 5.41) is 0.959. The van der Waals surface area contributed by atoms with Gasteiger partial charge in [-0.3, -0.25) is 4.98 Å². The molecule has 28 heavy (non-hydrogen) atoms. The average molecular weight is 386 g/mol. The Morgan fingerprint density at radius 1 is 1.11 bits per heavy atom. The molecule has 2 aromatic rings. The third kappa shape index (κ3) is 4.83. The normalized spacial score (nSPS) is 15.7. The molecule has 0 radical (unpaired) electrons. The van der Waals surface area contributed by atoms with Gasteiger partial charge in [-0.05, 0) is 82.4 Å². The maximum atomic E-state index is 14.8. The number of pyridine rings is 1. The van der Waals surface area contributed by atoms with E-state index in [0.717, 1.165) is 59.9 Å². The number of aryl methyl sites for hydroxylation is 2. The number of nitrogens with zero attached hydrogens (tertiary/aromatic N) is 3. The van der Waals surface area contributed by atoms with Crippen LogP contribution in [0, 0.1) is 25.6 Å². The maximum absolute atomic E-state index is 14.8. The van der Waals surface area contributed by atoms with E-state index in [1.165, 1.54) is 38.6 Å². The van der Waals surface area contributed by atoms with Gasteiger partial charge < -0.3 is 9.80 Å². The van der Waals surface area contributed by atoms with Gasteiger partial charge in [0.25, 0.3) is 0 Å². The lowest BCUT2D eigenvalue weighted by Crippen LogP contribution is -2.34. The summed E-state index contributed by atoms with van der Waals surface area (Å²) in [6, 6.07) is 5.50. The summed E-state index contributed by atoms with van der Waals surface area (Å²) >= 11 is 0. The Morgan fingerprint density at radius 2 is 1.82 bits per heavy atom. The summed E-state index contributed by atoms with van der Waals surface area (Å²) in [6.07, 6.45) is 6.25. The van der Waals surface area contributed by atoms with Crippen LogP contribution in [0.25, 0.3) is 10.9 Å². The van der Waals surface area contributed by atoms with Crippen LogP contribution in [0.3, 0.4) is 0 Å². The molecule has 0 N–H and O–H groups in total. The minimum Gasteiger partial charge on any atom is -0.369 e. The Hall–Kier alpha value is -1.68. The molecule has 3 rings (SSSR count). The Kier molecular flexibility index (Phi) is 7.28. The van der Waals surface area contributed by atoms with E-state index in [-0.39, 0.29) is 5.82 Å². The predicted octanol–water partition coefficient (Wildman–Crippen LogP) is 5.72. The lowest BCUT2D eigenvalue weighted by Gasteiger charge is -2.34. The topological polar surface area (TPSA) is 19.4 Å². The van der Waals surface area contributed by atoms with E-state index in [9.17, 15) is 4.39 Å². The summed E-state index contributed by atoms with van der Waals surface area (Å²) in [7, 11) is 0. The molecule has 2 heterocycles. The van der Waals surface area contributed by atoms with E-state index in [1.54, 1.807) is 6.07 Å². The van der Waals surface area contributed by atoms with E-state index >= 15 is 0 Å². The zero-order valence-electron chi connectivity index (χ0n) is 18.1. The first-order valence-corrected chi connectivity index (χ1v) is 11.1. The molecule has 3 nitrogen and oxygen atoms in total. The first-order chi connectivity index (χ1) is 13.5. The summed E-state index contributed by atoms with van der Waals surface area (Å²) in [4.78, 5) is 9.42. The number of rotatable bonds is 8. The molecule has 1 aliphatic rings. The van der Waals surface area contributed by atoms with E-state index in [0.29, 0.717) is 0 Å². The lowest BCUT2D eigenvalue weighted by molar-refractivity contribution is 0.286. The van der Waals surface area contributed by atoms with E-state index in [2.05, 4.69) is 41.6 Å². The highest BCUT2D eigenvalue weighted by molar-refractivity contribution is 5.93. The highest BCUT2D eigenvalue weighted by atomic mass is 19.1. The molecule has 1 fully saturated rings. The molecule has 0 amide bonds. The van der Waals surface area contributed by atoms with Crippen molar-refractivity contribution in [1.82, 2.24) is 9.88 Å². The quantitative estimate of drug-likeness (QED) is 0.542. The van der Waals surface area contributed by atoms with Crippen LogP contribution in [0.2, 0.25) is 0 Å². The molecule has 1 aliphatic heterocycles. The van der Waals surface area contributed by atoms with Gasteiger partial charge in [0.15, 0.2) is 0 Å². The minimum absolute atomic E-state index is 0.116. The first kappa shape index (κ1) is 21.0. The summed E-state index contributed by atoms with van der Waals surface area (Å²) in [5.74, 6) is 0.670. The molecular formula is C24H36FN3. The Bertz CT molecular complexity index is 777. The molecule has 0 spiro atoms. The third-order valence-corrected chi connectivity index (χ3v) is 6.53. The number of piperidine rings is 1. The molecule has 1 aromatic heterocycles. The van der Waals surface area contributed by atoms with Crippen molar-refractivity contribution in [2.75, 3.05) is 37.6 Å². The number of aromatic nitrogens is 1. The van der Waals surface area contributed by atoms with Gasteiger partial charge in [-0.15, -0.1) is 0 Å². The lowest BCUT2D eigenvalue weighted by atomic mass is 9.91. The monoisotopic (exact) mass is 385 g/mol. The molecule has 0 atom stereocenters. The van der Waals surface area contributed by atoms with E-state index in [1.807, 2.05) is 13.0 Å². The molecule has 0 aliphatic carbocycles. The van der Waals surface area contributed by atoms with Crippen molar-refractivity contribution in [2.45, 2.75) is 59.8 Å². The van der Waals surface area contributed by atoms with E-state index in [4.69, 9.17) is 0 Å². The molecule has 0 unspecified atom stereocenters. The number of halogens is 1. The predicted molar refractivity (Wildman–Crippen MR) is 118 cm³/mol. The molecular weight excluding hydrogens is 349 g/mol. The van der Waals surface area contributed by atoms with Gasteiger partial charge in [0.2, 0.25) is 0 Å². The fraction of sp³-hybridized carbons (Fsp3) is 0.625. The van der Waals surface area contributed by atoms with Gasteiger partial charge in [-0.1, -0.05) is 26.7 Å². The number of benzene rings is 1. The first-order valence-electron chi connectivity index (χ1n) is 11.1. The van der Waals surface area contributed by atoms with Gasteiger partial charge in [0.05, 0.1) is 11.2 Å². The van der Waals surface area contributed by atoms with Crippen LogP contribution in [-0.2, 0) is 0 Å². The molecule has 154 valence electrons. The second kappa shape index (κ2) is 9.69. The largest absolute Gasteiger partial charge is 0.369 e. The number of unbranched alkanes of at least 4 members (excludes halogenated alkanes) is 1. The van der Waals surface area contributed by atoms with Gasteiger partial charge in [-0.25, -0.2) is 4.39 Å². The smallest absolute Gasteiger partial charge is 0.147 e. The van der Waals surface area contributed by atoms with Crippen molar-refractivity contribution in [2.24, 2.45) is 5.92 Å². The van der Waals surface area contributed by atoms with Crippen LogP contribution in [0.1, 0.15) is 57.2 Å². The van der Waals surface area contributed by atoms with Gasteiger partial charge >= 0.3 is 0 Å². The van der Waals surface area contributed by atoms with Crippen molar-refractivity contribution >= 4 is 16.6 Å². The van der Waals surface area contributed by atoms with Gasteiger partial charge in [-0.2, -0.15) is 0 Å². The van der Waals surface area contributed by atoms with Crippen molar-refractivity contribution in [3.05, 3.63) is 35.3 Å². The summed E-state index contributed by atoms with van der Waals surface area (Å²) in [5.41, 5.74) is 3.81. The number of anilines is 1. The molecule has 1 aromatic carbocycles. The standard InChI is InChI=1S/C24H36FN3/c1-5-27(6-2)14-8-7-9-20-12-15-28(16-13-20)24-21-17-18(3)19(4)26-23(21)11-10-22(24)25/h10-11,17,20H,5-9,12-16H2,1-4H3. The Morgan fingerprint density at radius 3 is 2.50 bits per heavy atom. The zero-order chi connectivity index (χ0) is 20.1. The number of hydrogen-bond acceptors (Lipinski definition) is 3. The van der Waals surface area contributed by atoms with Crippen LogP contribution in [-0.4, -0.2) is 42.6 Å². The SMILES string of the molecule is CCN(CC)CCCCC1CCN(c2c(F)ccc3nc(C)c(C)cc23)CC1. The van der Waals surface area contributed by atoms with Crippen molar-refractivity contribution < 1.29 is 4.39 Å². The summed E-state index contributed by atoms with van der Waals surface area (Å²) in [6.45, 7) is 14.0. The fourth-order valence-corrected chi connectivity index (χ4v) is 4.48. The van der Waals surface area contributed by atoms with Crippen LogP contribution < -0.4 is 4.90 Å².